The summed E-state index contributed by atoms with van der Waals surface area (Å²) in [6.45, 7) is 0. The second kappa shape index (κ2) is 10.3. The molecule has 0 aliphatic rings. The van der Waals surface area contributed by atoms with E-state index in [-0.39, 0.29) is 11.8 Å². The summed E-state index contributed by atoms with van der Waals surface area (Å²) in [4.78, 5) is 25.7. The van der Waals surface area contributed by atoms with Crippen molar-refractivity contribution in [1.82, 2.24) is 9.80 Å². The lowest BCUT2D eigenvalue weighted by atomic mass is 10.4. The van der Waals surface area contributed by atoms with Crippen molar-refractivity contribution in [2.24, 2.45) is 0 Å². The zero-order chi connectivity index (χ0) is 14.0. The number of hydrogen-bond donors (Lipinski definition) is 0. The first-order valence-electron chi connectivity index (χ1n) is 5.73. The molecule has 0 aliphatic heterocycles. The fraction of sp³-hybridized carbons (Fsp3) is 0.667. The number of hydrogen-bond acceptors (Lipinski definition) is 4. The van der Waals surface area contributed by atoms with Crippen LogP contribution in [0, 0.1) is 0 Å². The molecular weight excluding hydrogens is 268 g/mol. The highest BCUT2D eigenvalue weighted by molar-refractivity contribution is 8.05. The summed E-state index contributed by atoms with van der Waals surface area (Å²) in [5, 5.41) is 3.96. The van der Waals surface area contributed by atoms with E-state index in [2.05, 4.69) is 0 Å². The molecule has 0 N–H and O–H groups in total. The molecule has 0 rings (SSSR count). The molecule has 0 heterocycles. The van der Waals surface area contributed by atoms with Crippen molar-refractivity contribution in [1.29, 1.82) is 0 Å². The number of nitrogens with zero attached hydrogens (tertiary/aromatic N) is 2. The third kappa shape index (κ3) is 9.41. The summed E-state index contributed by atoms with van der Waals surface area (Å²) in [5.41, 5.74) is 0. The first kappa shape index (κ1) is 17.4. The van der Waals surface area contributed by atoms with Crippen molar-refractivity contribution < 1.29 is 9.59 Å². The number of rotatable bonds is 8. The van der Waals surface area contributed by atoms with Gasteiger partial charge < -0.3 is 9.80 Å². The summed E-state index contributed by atoms with van der Waals surface area (Å²) in [6.07, 6.45) is 1.12. The van der Waals surface area contributed by atoms with E-state index >= 15 is 0 Å². The van der Waals surface area contributed by atoms with Gasteiger partial charge in [-0.1, -0.05) is 0 Å². The number of amides is 2. The van der Waals surface area contributed by atoms with Gasteiger partial charge in [-0.2, -0.15) is 0 Å². The van der Waals surface area contributed by atoms with Crippen LogP contribution in [0.15, 0.2) is 10.8 Å². The second-order valence-electron chi connectivity index (χ2n) is 4.09. The second-order valence-corrected chi connectivity index (χ2v) is 6.12. The Labute approximate surface area is 118 Å². The smallest absolute Gasteiger partial charge is 0.222 e. The standard InChI is InChI=1S/C12H22N2O2S2/c1-13(2)11(15)5-7-17-9-10-18-8-6-12(16)14(3)4/h9-10H,5-8H2,1-4H3/b10-9-. The molecule has 4 nitrogen and oxygen atoms in total. The van der Waals surface area contributed by atoms with Gasteiger partial charge in [0.15, 0.2) is 0 Å². The molecule has 0 unspecified atom stereocenters. The Morgan fingerprint density at radius 2 is 1.17 bits per heavy atom. The van der Waals surface area contributed by atoms with Crippen LogP contribution in [0.25, 0.3) is 0 Å². The van der Waals surface area contributed by atoms with Crippen molar-refractivity contribution >= 4 is 35.3 Å². The normalized spacial score (nSPS) is 10.7. The van der Waals surface area contributed by atoms with Crippen LogP contribution in [0.5, 0.6) is 0 Å². The minimum absolute atomic E-state index is 0.153. The number of carbonyl (C=O) groups is 2. The molecule has 0 aromatic heterocycles. The molecular formula is C12H22N2O2S2. The molecule has 104 valence electrons. The van der Waals surface area contributed by atoms with E-state index in [1.54, 1.807) is 61.5 Å². The van der Waals surface area contributed by atoms with E-state index in [9.17, 15) is 9.59 Å². The van der Waals surface area contributed by atoms with Crippen LogP contribution in [-0.2, 0) is 9.59 Å². The molecule has 0 aliphatic carbocycles. The molecule has 0 atom stereocenters. The highest BCUT2D eigenvalue weighted by Gasteiger charge is 2.02. The Kier molecular flexibility index (Phi) is 9.96. The predicted octanol–water partition coefficient (Wildman–Crippen LogP) is 1.88. The van der Waals surface area contributed by atoms with Gasteiger partial charge in [0.1, 0.15) is 0 Å². The minimum atomic E-state index is 0.153. The number of thioether (sulfide) groups is 2. The third-order valence-electron chi connectivity index (χ3n) is 2.11. The van der Waals surface area contributed by atoms with Gasteiger partial charge in [0.25, 0.3) is 0 Å². The highest BCUT2D eigenvalue weighted by atomic mass is 32.2. The fourth-order valence-corrected chi connectivity index (χ4v) is 2.44. The van der Waals surface area contributed by atoms with Gasteiger partial charge in [0, 0.05) is 52.5 Å². The molecule has 0 aromatic carbocycles. The summed E-state index contributed by atoms with van der Waals surface area (Å²) in [5.74, 6) is 1.90. The molecule has 2 amide bonds. The van der Waals surface area contributed by atoms with E-state index < -0.39 is 0 Å². The van der Waals surface area contributed by atoms with E-state index in [1.807, 2.05) is 10.8 Å². The van der Waals surface area contributed by atoms with Crippen molar-refractivity contribution in [3.63, 3.8) is 0 Å². The predicted molar refractivity (Wildman–Crippen MR) is 80.7 cm³/mol. The Balaban J connectivity index is 3.45. The van der Waals surface area contributed by atoms with Gasteiger partial charge in [0.2, 0.25) is 11.8 Å². The number of carbonyl (C=O) groups excluding carboxylic acids is 2. The average Bonchev–Trinajstić information content (AvgIpc) is 2.31. The van der Waals surface area contributed by atoms with E-state index in [1.165, 1.54) is 0 Å². The molecule has 0 saturated heterocycles. The Bertz CT molecular complexity index is 264. The third-order valence-corrected chi connectivity index (χ3v) is 3.82. The van der Waals surface area contributed by atoms with Crippen LogP contribution in [0.1, 0.15) is 12.8 Å². The quantitative estimate of drug-likeness (QED) is 0.640. The molecule has 0 radical (unpaired) electrons. The zero-order valence-electron chi connectivity index (χ0n) is 11.5. The average molecular weight is 290 g/mol. The lowest BCUT2D eigenvalue weighted by molar-refractivity contribution is -0.128. The van der Waals surface area contributed by atoms with E-state index in [0.29, 0.717) is 12.8 Å². The summed E-state index contributed by atoms with van der Waals surface area (Å²) in [7, 11) is 7.06. The Morgan fingerprint density at radius 3 is 1.44 bits per heavy atom. The molecule has 0 fully saturated rings. The molecule has 6 heteroatoms. The van der Waals surface area contributed by atoms with Crippen LogP contribution in [0.3, 0.4) is 0 Å². The molecule has 18 heavy (non-hydrogen) atoms. The zero-order valence-corrected chi connectivity index (χ0v) is 13.1. The molecule has 0 saturated carbocycles. The molecule has 0 aromatic rings. The minimum Gasteiger partial charge on any atom is -0.349 e. The summed E-state index contributed by atoms with van der Waals surface area (Å²) >= 11 is 3.24. The van der Waals surface area contributed by atoms with Gasteiger partial charge in [-0.3, -0.25) is 9.59 Å². The van der Waals surface area contributed by atoms with Crippen molar-refractivity contribution in [2.45, 2.75) is 12.8 Å². The van der Waals surface area contributed by atoms with Gasteiger partial charge in [0.05, 0.1) is 0 Å². The van der Waals surface area contributed by atoms with Gasteiger partial charge in [-0.25, -0.2) is 0 Å². The van der Waals surface area contributed by atoms with Gasteiger partial charge >= 0.3 is 0 Å². The van der Waals surface area contributed by atoms with Crippen molar-refractivity contribution in [3.8, 4) is 0 Å². The van der Waals surface area contributed by atoms with Crippen LogP contribution in [0.2, 0.25) is 0 Å². The monoisotopic (exact) mass is 290 g/mol. The van der Waals surface area contributed by atoms with Crippen LogP contribution < -0.4 is 0 Å². The largest absolute Gasteiger partial charge is 0.349 e. The highest BCUT2D eigenvalue weighted by Crippen LogP contribution is 2.11. The summed E-state index contributed by atoms with van der Waals surface area (Å²) < 4.78 is 0. The topological polar surface area (TPSA) is 40.6 Å². The first-order valence-corrected chi connectivity index (χ1v) is 7.83. The van der Waals surface area contributed by atoms with E-state index in [4.69, 9.17) is 0 Å². The SMILES string of the molecule is CN(C)C(=O)CCS/C=C\SCCC(=O)N(C)C. The van der Waals surface area contributed by atoms with Crippen LogP contribution >= 0.6 is 23.5 Å². The Morgan fingerprint density at radius 1 is 0.833 bits per heavy atom. The van der Waals surface area contributed by atoms with Gasteiger partial charge in [-0.05, 0) is 10.8 Å². The maximum absolute atomic E-state index is 11.3. The van der Waals surface area contributed by atoms with Crippen molar-refractivity contribution in [2.75, 3.05) is 39.7 Å². The molecule has 0 bridgehead atoms. The maximum Gasteiger partial charge on any atom is 0.222 e. The van der Waals surface area contributed by atoms with Crippen LogP contribution in [-0.4, -0.2) is 61.3 Å². The first-order chi connectivity index (χ1) is 8.45. The lowest BCUT2D eigenvalue weighted by Crippen LogP contribution is -2.21. The van der Waals surface area contributed by atoms with Gasteiger partial charge in [-0.15, -0.1) is 23.5 Å². The van der Waals surface area contributed by atoms with E-state index in [0.717, 1.165) is 11.5 Å². The maximum atomic E-state index is 11.3. The summed E-state index contributed by atoms with van der Waals surface area (Å²) in [6, 6.07) is 0. The van der Waals surface area contributed by atoms with Crippen LogP contribution in [0.4, 0.5) is 0 Å². The Hall–Kier alpha value is -0.620. The van der Waals surface area contributed by atoms with Crippen molar-refractivity contribution in [3.05, 3.63) is 10.8 Å². The lowest BCUT2D eigenvalue weighted by Gasteiger charge is -2.08. The fourth-order valence-electron chi connectivity index (χ4n) is 0.954. The molecule has 0 spiro atoms.